The summed E-state index contributed by atoms with van der Waals surface area (Å²) in [6.07, 6.45) is 3.08. The molecule has 1 atom stereocenters. The molecule has 1 rings (SSSR count). The van der Waals surface area contributed by atoms with E-state index in [2.05, 4.69) is 5.32 Å². The van der Waals surface area contributed by atoms with Gasteiger partial charge in [0.2, 0.25) is 5.91 Å². The lowest BCUT2D eigenvalue weighted by Crippen LogP contribution is -2.39. The van der Waals surface area contributed by atoms with Gasteiger partial charge in [0, 0.05) is 16.1 Å². The van der Waals surface area contributed by atoms with Crippen molar-refractivity contribution in [3.05, 3.63) is 39.9 Å². The number of nitrogens with one attached hydrogen (secondary N) is 1. The van der Waals surface area contributed by atoms with Gasteiger partial charge in [-0.25, -0.2) is 4.79 Å². The summed E-state index contributed by atoms with van der Waals surface area (Å²) >= 11 is 11.6. The van der Waals surface area contributed by atoms with E-state index in [1.807, 2.05) is 0 Å². The van der Waals surface area contributed by atoms with Crippen LogP contribution in [0.2, 0.25) is 10.0 Å². The molecule has 0 saturated carbocycles. The minimum Gasteiger partial charge on any atom is -0.480 e. The van der Waals surface area contributed by atoms with Gasteiger partial charge in [-0.1, -0.05) is 30.1 Å². The zero-order chi connectivity index (χ0) is 14.4. The zero-order valence-corrected chi connectivity index (χ0v) is 11.7. The van der Waals surface area contributed by atoms with Crippen molar-refractivity contribution >= 4 is 41.2 Å². The molecule has 2 N–H and O–H groups in total. The molecule has 1 aromatic rings. The van der Waals surface area contributed by atoms with Gasteiger partial charge in [0.05, 0.1) is 0 Å². The molecule has 19 heavy (non-hydrogen) atoms. The smallest absolute Gasteiger partial charge is 0.326 e. The Bertz CT molecular complexity index is 494. The molecular formula is C13H13Cl2NO3. The Labute approximate surface area is 121 Å². The lowest BCUT2D eigenvalue weighted by Gasteiger charge is -2.09. The van der Waals surface area contributed by atoms with Crippen LogP contribution in [0, 0.1) is 0 Å². The molecule has 0 bridgehead atoms. The van der Waals surface area contributed by atoms with E-state index in [0.717, 1.165) is 0 Å². The van der Waals surface area contributed by atoms with Gasteiger partial charge < -0.3 is 10.4 Å². The van der Waals surface area contributed by atoms with E-state index in [0.29, 0.717) is 22.0 Å². The number of carboxylic acid groups (broad SMARTS) is 1. The highest BCUT2D eigenvalue weighted by Gasteiger charge is 2.15. The van der Waals surface area contributed by atoms with Crippen molar-refractivity contribution in [2.24, 2.45) is 0 Å². The van der Waals surface area contributed by atoms with Crippen molar-refractivity contribution in [3.63, 3.8) is 0 Å². The maximum Gasteiger partial charge on any atom is 0.326 e. The van der Waals surface area contributed by atoms with E-state index in [4.69, 9.17) is 28.3 Å². The Morgan fingerprint density at radius 1 is 1.32 bits per heavy atom. The highest BCUT2D eigenvalue weighted by atomic mass is 35.5. The number of carbonyl (C=O) groups is 2. The van der Waals surface area contributed by atoms with Crippen LogP contribution >= 0.6 is 23.2 Å². The quantitative estimate of drug-likeness (QED) is 0.822. The molecule has 0 aliphatic carbocycles. The van der Waals surface area contributed by atoms with E-state index in [-0.39, 0.29) is 0 Å². The topological polar surface area (TPSA) is 66.4 Å². The van der Waals surface area contributed by atoms with Crippen LogP contribution < -0.4 is 5.32 Å². The van der Waals surface area contributed by atoms with Gasteiger partial charge in [-0.05, 0) is 36.3 Å². The lowest BCUT2D eigenvalue weighted by atomic mass is 10.2. The molecule has 6 heteroatoms. The maximum atomic E-state index is 11.5. The van der Waals surface area contributed by atoms with Gasteiger partial charge in [0.15, 0.2) is 0 Å². The molecule has 0 spiro atoms. The van der Waals surface area contributed by atoms with Gasteiger partial charge in [0.25, 0.3) is 0 Å². The minimum absolute atomic E-state index is 0.317. The first-order valence-corrected chi connectivity index (χ1v) is 6.35. The van der Waals surface area contributed by atoms with E-state index in [1.54, 1.807) is 25.1 Å². The summed E-state index contributed by atoms with van der Waals surface area (Å²) in [6.45, 7) is 1.68. The number of aliphatic carboxylic acids is 1. The molecule has 1 aromatic carbocycles. The van der Waals surface area contributed by atoms with Gasteiger partial charge in [-0.2, -0.15) is 0 Å². The summed E-state index contributed by atoms with van der Waals surface area (Å²) in [4.78, 5) is 22.3. The normalized spacial score (nSPS) is 12.4. The van der Waals surface area contributed by atoms with Crippen molar-refractivity contribution in [1.82, 2.24) is 5.32 Å². The molecule has 4 nitrogen and oxygen atoms in total. The number of benzene rings is 1. The van der Waals surface area contributed by atoms with Crippen molar-refractivity contribution < 1.29 is 14.7 Å². The second-order valence-electron chi connectivity index (χ2n) is 3.84. The molecule has 1 amide bonds. The third-order valence-corrected chi connectivity index (χ3v) is 2.77. The van der Waals surface area contributed by atoms with Crippen LogP contribution in [0.25, 0.3) is 6.08 Å². The van der Waals surface area contributed by atoms with E-state index in [9.17, 15) is 9.59 Å². The van der Waals surface area contributed by atoms with Crippen LogP contribution in [0.15, 0.2) is 24.3 Å². The SMILES string of the molecule is CC[C@H](NC(=O)/C=C/c1cc(Cl)cc(Cl)c1)C(=O)O. The Morgan fingerprint density at radius 3 is 2.37 bits per heavy atom. The Hall–Kier alpha value is -1.52. The number of hydrogen-bond acceptors (Lipinski definition) is 2. The van der Waals surface area contributed by atoms with E-state index in [1.165, 1.54) is 12.2 Å². The molecule has 0 fully saturated rings. The van der Waals surface area contributed by atoms with E-state index >= 15 is 0 Å². The summed E-state index contributed by atoms with van der Waals surface area (Å²) < 4.78 is 0. The summed E-state index contributed by atoms with van der Waals surface area (Å²) in [5.74, 6) is -1.54. The summed E-state index contributed by atoms with van der Waals surface area (Å²) in [7, 11) is 0. The number of carboxylic acids is 1. The van der Waals surface area contributed by atoms with E-state index < -0.39 is 17.9 Å². The lowest BCUT2D eigenvalue weighted by molar-refractivity contribution is -0.141. The number of amides is 1. The van der Waals surface area contributed by atoms with Crippen LogP contribution in [0.3, 0.4) is 0 Å². The molecule has 0 heterocycles. The van der Waals surface area contributed by atoms with Crippen molar-refractivity contribution in [2.75, 3.05) is 0 Å². The molecule has 0 aromatic heterocycles. The fraction of sp³-hybridized carbons (Fsp3) is 0.231. The fourth-order valence-electron chi connectivity index (χ4n) is 1.40. The summed E-state index contributed by atoms with van der Waals surface area (Å²) in [5, 5.41) is 12.1. The Kier molecular flexibility index (Phi) is 5.86. The zero-order valence-electron chi connectivity index (χ0n) is 10.2. The second kappa shape index (κ2) is 7.16. The average molecular weight is 302 g/mol. The number of halogens is 2. The van der Waals surface area contributed by atoms with Gasteiger partial charge in [0.1, 0.15) is 6.04 Å². The predicted octanol–water partition coefficient (Wildman–Crippen LogP) is 2.99. The van der Waals surface area contributed by atoms with Gasteiger partial charge in [-0.15, -0.1) is 0 Å². The molecule has 0 aliphatic heterocycles. The third-order valence-electron chi connectivity index (χ3n) is 2.33. The monoisotopic (exact) mass is 301 g/mol. The fourth-order valence-corrected chi connectivity index (χ4v) is 1.94. The standard InChI is InChI=1S/C13H13Cl2NO3/c1-2-11(13(18)19)16-12(17)4-3-8-5-9(14)7-10(15)6-8/h3-7,11H,2H2,1H3,(H,16,17)(H,18,19)/b4-3+/t11-/m0/s1. The predicted molar refractivity (Wildman–Crippen MR) is 75.4 cm³/mol. The highest BCUT2D eigenvalue weighted by Crippen LogP contribution is 2.19. The largest absolute Gasteiger partial charge is 0.480 e. The van der Waals surface area contributed by atoms with Crippen molar-refractivity contribution in [2.45, 2.75) is 19.4 Å². The average Bonchev–Trinajstić information content (AvgIpc) is 2.32. The number of rotatable bonds is 5. The second-order valence-corrected chi connectivity index (χ2v) is 4.72. The molecule has 102 valence electrons. The van der Waals surface area contributed by atoms with Crippen molar-refractivity contribution in [1.29, 1.82) is 0 Å². The number of carbonyl (C=O) groups excluding carboxylic acids is 1. The van der Waals surface area contributed by atoms with Crippen LogP contribution in [-0.2, 0) is 9.59 Å². The van der Waals surface area contributed by atoms with Crippen LogP contribution in [-0.4, -0.2) is 23.0 Å². The van der Waals surface area contributed by atoms with Gasteiger partial charge >= 0.3 is 5.97 Å². The number of hydrogen-bond donors (Lipinski definition) is 2. The van der Waals surface area contributed by atoms with Crippen LogP contribution in [0.5, 0.6) is 0 Å². The maximum absolute atomic E-state index is 11.5. The first kappa shape index (κ1) is 15.5. The minimum atomic E-state index is -1.06. The third kappa shape index (κ3) is 5.32. The Balaban J connectivity index is 2.70. The summed E-state index contributed by atoms with van der Waals surface area (Å²) in [5.41, 5.74) is 0.663. The Morgan fingerprint density at radius 2 is 1.89 bits per heavy atom. The molecule has 0 radical (unpaired) electrons. The van der Waals surface area contributed by atoms with Gasteiger partial charge in [-0.3, -0.25) is 4.79 Å². The highest BCUT2D eigenvalue weighted by molar-refractivity contribution is 6.34. The molecule has 0 saturated heterocycles. The van der Waals surface area contributed by atoms with Crippen LogP contribution in [0.4, 0.5) is 0 Å². The van der Waals surface area contributed by atoms with Crippen LogP contribution in [0.1, 0.15) is 18.9 Å². The van der Waals surface area contributed by atoms with Crippen molar-refractivity contribution in [3.8, 4) is 0 Å². The molecule has 0 unspecified atom stereocenters. The first-order valence-electron chi connectivity index (χ1n) is 5.60. The molecule has 0 aliphatic rings. The molecular weight excluding hydrogens is 289 g/mol. The summed E-state index contributed by atoms with van der Waals surface area (Å²) in [6, 6.07) is 3.98. The first-order chi connectivity index (χ1) is 8.92.